The Morgan fingerprint density at radius 2 is 1.78 bits per heavy atom. The number of carbonyl (C=O) groups is 1. The molecule has 0 saturated carbocycles. The summed E-state index contributed by atoms with van der Waals surface area (Å²) in [5.41, 5.74) is 2.62. The predicted molar refractivity (Wildman–Crippen MR) is 109 cm³/mol. The van der Waals surface area contributed by atoms with Crippen molar-refractivity contribution in [3.63, 3.8) is 0 Å². The first kappa shape index (κ1) is 19.3. The number of piperidine rings is 1. The van der Waals surface area contributed by atoms with Crippen LogP contribution in [0.3, 0.4) is 0 Å². The number of urea groups is 1. The van der Waals surface area contributed by atoms with E-state index in [0.717, 1.165) is 44.5 Å². The lowest BCUT2D eigenvalue weighted by molar-refractivity contribution is 0.169. The lowest BCUT2D eigenvalue weighted by atomic mass is 9.90. The molecule has 2 aromatic carbocycles. The molecule has 0 atom stereocenters. The lowest BCUT2D eigenvalue weighted by Crippen LogP contribution is -2.45. The lowest BCUT2D eigenvalue weighted by Gasteiger charge is -2.32. The molecule has 4 heteroatoms. The van der Waals surface area contributed by atoms with Gasteiger partial charge in [-0.1, -0.05) is 48.0 Å². The predicted octanol–water partition coefficient (Wildman–Crippen LogP) is 4.43. The fourth-order valence-electron chi connectivity index (χ4n) is 3.49. The molecule has 0 radical (unpaired) electrons. The monoisotopic (exact) mass is 366 g/mol. The average Bonchev–Trinajstić information content (AvgIpc) is 2.70. The Morgan fingerprint density at radius 1 is 1.07 bits per heavy atom. The minimum absolute atomic E-state index is 0.0588. The van der Waals surface area contributed by atoms with E-state index in [2.05, 4.69) is 42.6 Å². The number of amides is 2. The van der Waals surface area contributed by atoms with Crippen molar-refractivity contribution >= 4 is 6.03 Å². The molecule has 1 N–H and O–H groups in total. The normalized spacial score (nSPS) is 14.8. The molecule has 1 aliphatic heterocycles. The summed E-state index contributed by atoms with van der Waals surface area (Å²) in [7, 11) is 0. The number of carbonyl (C=O) groups excluding carboxylic acids is 1. The van der Waals surface area contributed by atoms with Crippen molar-refractivity contribution in [3.05, 3.63) is 65.7 Å². The Kier molecular flexibility index (Phi) is 7.14. The van der Waals surface area contributed by atoms with Gasteiger partial charge in [0.2, 0.25) is 0 Å². The van der Waals surface area contributed by atoms with Gasteiger partial charge in [0.25, 0.3) is 0 Å². The molecule has 27 heavy (non-hydrogen) atoms. The van der Waals surface area contributed by atoms with Gasteiger partial charge in [-0.3, -0.25) is 0 Å². The Bertz CT molecular complexity index is 692. The van der Waals surface area contributed by atoms with E-state index in [0.29, 0.717) is 19.1 Å². The maximum Gasteiger partial charge on any atom is 0.317 e. The van der Waals surface area contributed by atoms with Crippen LogP contribution in [0, 0.1) is 12.8 Å². The number of hydrogen-bond donors (Lipinski definition) is 1. The van der Waals surface area contributed by atoms with Gasteiger partial charge in [-0.05, 0) is 56.2 Å². The van der Waals surface area contributed by atoms with Gasteiger partial charge in [0, 0.05) is 19.6 Å². The van der Waals surface area contributed by atoms with E-state index >= 15 is 0 Å². The summed E-state index contributed by atoms with van der Waals surface area (Å²) in [5.74, 6) is 1.56. The first-order chi connectivity index (χ1) is 13.2. The summed E-state index contributed by atoms with van der Waals surface area (Å²) in [6.07, 6.45) is 4.09. The van der Waals surface area contributed by atoms with Crippen LogP contribution in [0.2, 0.25) is 0 Å². The second kappa shape index (κ2) is 10.0. The van der Waals surface area contributed by atoms with Gasteiger partial charge in [0.1, 0.15) is 5.75 Å². The molecule has 144 valence electrons. The highest BCUT2D eigenvalue weighted by Crippen LogP contribution is 2.21. The number of likely N-dealkylation sites (tertiary alicyclic amines) is 1. The zero-order valence-electron chi connectivity index (χ0n) is 16.2. The molecule has 1 heterocycles. The molecular weight excluding hydrogens is 336 g/mol. The van der Waals surface area contributed by atoms with E-state index in [-0.39, 0.29) is 6.03 Å². The summed E-state index contributed by atoms with van der Waals surface area (Å²) >= 11 is 0. The molecule has 0 unspecified atom stereocenters. The summed E-state index contributed by atoms with van der Waals surface area (Å²) in [6, 6.07) is 18.7. The van der Waals surface area contributed by atoms with Crippen molar-refractivity contribution in [2.24, 2.45) is 5.92 Å². The first-order valence-electron chi connectivity index (χ1n) is 9.97. The van der Waals surface area contributed by atoms with Crippen molar-refractivity contribution in [1.82, 2.24) is 10.2 Å². The fourth-order valence-corrected chi connectivity index (χ4v) is 3.49. The smallest absolute Gasteiger partial charge is 0.317 e. The Morgan fingerprint density at radius 3 is 2.48 bits per heavy atom. The standard InChI is InChI=1S/C23H30N2O2/c1-19-8-10-22(11-9-19)27-17-5-14-24-23(26)25-15-12-21(13-16-25)18-20-6-3-2-4-7-20/h2-4,6-11,21H,5,12-18H2,1H3,(H,24,26). The van der Waals surface area contributed by atoms with Gasteiger partial charge in [0.15, 0.2) is 0 Å². The zero-order chi connectivity index (χ0) is 18.9. The van der Waals surface area contributed by atoms with Crippen LogP contribution in [0.1, 0.15) is 30.4 Å². The summed E-state index contributed by atoms with van der Waals surface area (Å²) in [6.45, 7) is 5.02. The highest BCUT2D eigenvalue weighted by atomic mass is 16.5. The quantitative estimate of drug-likeness (QED) is 0.737. The van der Waals surface area contributed by atoms with E-state index in [1.165, 1.54) is 11.1 Å². The summed E-state index contributed by atoms with van der Waals surface area (Å²) < 4.78 is 5.69. The van der Waals surface area contributed by atoms with Crippen molar-refractivity contribution in [2.45, 2.75) is 32.6 Å². The minimum atomic E-state index is 0.0588. The van der Waals surface area contributed by atoms with Crippen LogP contribution < -0.4 is 10.1 Å². The van der Waals surface area contributed by atoms with E-state index in [9.17, 15) is 4.79 Å². The molecular formula is C23H30N2O2. The van der Waals surface area contributed by atoms with E-state index in [4.69, 9.17) is 4.74 Å². The van der Waals surface area contributed by atoms with Gasteiger partial charge in [-0.2, -0.15) is 0 Å². The fraction of sp³-hybridized carbons (Fsp3) is 0.435. The molecule has 0 aliphatic carbocycles. The molecule has 0 bridgehead atoms. The zero-order valence-corrected chi connectivity index (χ0v) is 16.2. The Hall–Kier alpha value is -2.49. The first-order valence-corrected chi connectivity index (χ1v) is 9.97. The van der Waals surface area contributed by atoms with Crippen molar-refractivity contribution in [1.29, 1.82) is 0 Å². The number of hydrogen-bond acceptors (Lipinski definition) is 2. The van der Waals surface area contributed by atoms with E-state index < -0.39 is 0 Å². The summed E-state index contributed by atoms with van der Waals surface area (Å²) in [4.78, 5) is 14.3. The summed E-state index contributed by atoms with van der Waals surface area (Å²) in [5, 5.41) is 3.02. The van der Waals surface area contributed by atoms with Crippen molar-refractivity contribution in [3.8, 4) is 5.75 Å². The highest BCUT2D eigenvalue weighted by molar-refractivity contribution is 5.74. The van der Waals surface area contributed by atoms with Gasteiger partial charge < -0.3 is 15.0 Å². The maximum atomic E-state index is 12.3. The SMILES string of the molecule is Cc1ccc(OCCCNC(=O)N2CCC(Cc3ccccc3)CC2)cc1. The average molecular weight is 367 g/mol. The van der Waals surface area contributed by atoms with Gasteiger partial charge >= 0.3 is 6.03 Å². The van der Waals surface area contributed by atoms with Crippen LogP contribution in [-0.4, -0.2) is 37.2 Å². The minimum Gasteiger partial charge on any atom is -0.494 e. The van der Waals surface area contributed by atoms with Crippen molar-refractivity contribution in [2.75, 3.05) is 26.2 Å². The van der Waals surface area contributed by atoms with Gasteiger partial charge in [-0.15, -0.1) is 0 Å². The van der Waals surface area contributed by atoms with Gasteiger partial charge in [0.05, 0.1) is 6.61 Å². The number of nitrogens with one attached hydrogen (secondary N) is 1. The molecule has 0 aromatic heterocycles. The van der Waals surface area contributed by atoms with Crippen LogP contribution in [0.15, 0.2) is 54.6 Å². The van der Waals surface area contributed by atoms with E-state index in [1.54, 1.807) is 0 Å². The Labute approximate surface area is 162 Å². The van der Waals surface area contributed by atoms with E-state index in [1.807, 2.05) is 29.2 Å². The van der Waals surface area contributed by atoms with Crippen LogP contribution in [-0.2, 0) is 6.42 Å². The number of ether oxygens (including phenoxy) is 1. The number of benzene rings is 2. The number of rotatable bonds is 7. The third kappa shape index (κ3) is 6.31. The molecule has 1 saturated heterocycles. The third-order valence-corrected chi connectivity index (χ3v) is 5.16. The molecule has 0 spiro atoms. The second-order valence-electron chi connectivity index (χ2n) is 7.37. The number of aryl methyl sites for hydroxylation is 1. The topological polar surface area (TPSA) is 41.6 Å². The molecule has 1 aliphatic rings. The Balaban J connectivity index is 1.28. The molecule has 2 amide bonds. The molecule has 3 rings (SSSR count). The third-order valence-electron chi connectivity index (χ3n) is 5.16. The second-order valence-corrected chi connectivity index (χ2v) is 7.37. The van der Waals surface area contributed by atoms with Crippen LogP contribution in [0.25, 0.3) is 0 Å². The maximum absolute atomic E-state index is 12.3. The van der Waals surface area contributed by atoms with Crippen molar-refractivity contribution < 1.29 is 9.53 Å². The highest BCUT2D eigenvalue weighted by Gasteiger charge is 2.22. The van der Waals surface area contributed by atoms with Crippen LogP contribution >= 0.6 is 0 Å². The largest absolute Gasteiger partial charge is 0.494 e. The van der Waals surface area contributed by atoms with Crippen LogP contribution in [0.4, 0.5) is 4.79 Å². The molecule has 4 nitrogen and oxygen atoms in total. The molecule has 2 aromatic rings. The molecule has 1 fully saturated rings. The number of nitrogens with zero attached hydrogens (tertiary/aromatic N) is 1. The van der Waals surface area contributed by atoms with Gasteiger partial charge in [-0.25, -0.2) is 4.79 Å². The van der Waals surface area contributed by atoms with Crippen LogP contribution in [0.5, 0.6) is 5.75 Å².